The number of hydrogen-bond donors (Lipinski definition) is 1. The first kappa shape index (κ1) is 7.06. The minimum Gasteiger partial charge on any atom is -0.281 e. The van der Waals surface area contributed by atoms with Gasteiger partial charge in [0.15, 0.2) is 0 Å². The van der Waals surface area contributed by atoms with Gasteiger partial charge >= 0.3 is 0 Å². The Morgan fingerprint density at radius 1 is 1.90 bits per heavy atom. The monoisotopic (exact) mass is 156 g/mol. The molecule has 0 aliphatic carbocycles. The molecular weight excluding hydrogens is 152 g/mol. The van der Waals surface area contributed by atoms with Crippen molar-refractivity contribution in [3.05, 3.63) is 12.3 Å². The average molecular weight is 157 g/mol. The van der Waals surface area contributed by atoms with Gasteiger partial charge < -0.3 is 0 Å². The lowest BCUT2D eigenvalue weighted by Gasteiger charge is -2.18. The van der Waals surface area contributed by atoms with E-state index in [1.807, 2.05) is 6.07 Å². The van der Waals surface area contributed by atoms with Crippen LogP contribution >= 0.6 is 11.6 Å². The Morgan fingerprint density at radius 3 is 3.10 bits per heavy atom. The number of hydrogen-bond acceptors (Lipinski definition) is 4. The summed E-state index contributed by atoms with van der Waals surface area (Å²) in [4.78, 5) is 3.72. The fourth-order valence-electron chi connectivity index (χ4n) is 0.551. The van der Waals surface area contributed by atoms with Crippen LogP contribution in [0.25, 0.3) is 0 Å². The lowest BCUT2D eigenvalue weighted by Crippen LogP contribution is -2.36. The third-order valence-corrected chi connectivity index (χ3v) is 1.25. The Kier molecular flexibility index (Phi) is 1.90. The third-order valence-electron chi connectivity index (χ3n) is 1.03. The number of hydrazine groups is 1. The highest BCUT2D eigenvalue weighted by atomic mass is 35.5. The van der Waals surface area contributed by atoms with Gasteiger partial charge in [-0.3, -0.25) is 5.01 Å². The van der Waals surface area contributed by atoms with Crippen LogP contribution in [0.15, 0.2) is 17.3 Å². The van der Waals surface area contributed by atoms with Gasteiger partial charge in [-0.05, 0) is 6.08 Å². The van der Waals surface area contributed by atoms with E-state index in [1.165, 1.54) is 17.3 Å². The smallest absolute Gasteiger partial charge is 0.223 e. The molecule has 0 aromatic carbocycles. The highest BCUT2D eigenvalue weighted by molar-refractivity contribution is 6.68. The van der Waals surface area contributed by atoms with Crippen molar-refractivity contribution in [1.29, 1.82) is 5.26 Å². The molecule has 0 amide bonds. The maximum Gasteiger partial charge on any atom is 0.223 e. The quantitative estimate of drug-likeness (QED) is 0.509. The van der Waals surface area contributed by atoms with Crippen LogP contribution in [-0.4, -0.2) is 16.3 Å². The molecule has 4 nitrogen and oxygen atoms in total. The predicted molar refractivity (Wildman–Crippen MR) is 37.9 cm³/mol. The summed E-state index contributed by atoms with van der Waals surface area (Å²) in [6.45, 7) is 0. The summed E-state index contributed by atoms with van der Waals surface area (Å²) in [5, 5.41) is 9.89. The number of allylic oxidation sites excluding steroid dienone is 1. The topological polar surface area (TPSA) is 65.4 Å². The minimum atomic E-state index is -0.683. The molecule has 5 heteroatoms. The largest absolute Gasteiger partial charge is 0.281 e. The predicted octanol–water partition coefficient (Wildman–Crippen LogP) is 0.176. The maximum atomic E-state index is 8.41. The second-order valence-corrected chi connectivity index (χ2v) is 2.10. The number of nitriles is 1. The SMILES string of the molecule is N#CC1N=C(Cl)C=CN1N. The van der Waals surface area contributed by atoms with Gasteiger partial charge in [-0.25, -0.2) is 10.8 Å². The van der Waals surface area contributed by atoms with Crippen molar-refractivity contribution < 1.29 is 0 Å². The van der Waals surface area contributed by atoms with Crippen LogP contribution in [0.5, 0.6) is 0 Å². The molecule has 2 N–H and O–H groups in total. The molecule has 0 saturated carbocycles. The Hall–Kier alpha value is -1.05. The molecule has 1 atom stereocenters. The van der Waals surface area contributed by atoms with Gasteiger partial charge in [0.1, 0.15) is 11.2 Å². The van der Waals surface area contributed by atoms with E-state index < -0.39 is 6.17 Å². The minimum absolute atomic E-state index is 0.299. The third kappa shape index (κ3) is 1.26. The van der Waals surface area contributed by atoms with Gasteiger partial charge in [0, 0.05) is 6.20 Å². The number of nitrogens with two attached hydrogens (primary N) is 1. The normalized spacial score (nSPS) is 23.9. The molecule has 0 bridgehead atoms. The second-order valence-electron chi connectivity index (χ2n) is 1.72. The molecule has 1 heterocycles. The van der Waals surface area contributed by atoms with E-state index in [1.54, 1.807) is 0 Å². The summed E-state index contributed by atoms with van der Waals surface area (Å²) in [6, 6.07) is 1.86. The average Bonchev–Trinajstić information content (AvgIpc) is 1.94. The van der Waals surface area contributed by atoms with Gasteiger partial charge in [0.2, 0.25) is 6.17 Å². The van der Waals surface area contributed by atoms with Crippen molar-refractivity contribution in [2.24, 2.45) is 10.8 Å². The van der Waals surface area contributed by atoms with Crippen molar-refractivity contribution in [3.8, 4) is 6.07 Å². The molecule has 1 unspecified atom stereocenters. The highest BCUT2D eigenvalue weighted by Gasteiger charge is 2.12. The van der Waals surface area contributed by atoms with Gasteiger partial charge in [-0.1, -0.05) is 11.6 Å². The molecule has 1 aliphatic rings. The summed E-state index contributed by atoms with van der Waals surface area (Å²) in [6.07, 6.45) is 2.34. The molecule has 0 saturated heterocycles. The zero-order chi connectivity index (χ0) is 7.56. The Morgan fingerprint density at radius 2 is 2.60 bits per heavy atom. The number of halogens is 1. The van der Waals surface area contributed by atoms with Gasteiger partial charge in [-0.2, -0.15) is 5.26 Å². The van der Waals surface area contributed by atoms with E-state index in [-0.39, 0.29) is 0 Å². The fourth-order valence-corrected chi connectivity index (χ4v) is 0.700. The summed E-state index contributed by atoms with van der Waals surface area (Å²) in [7, 11) is 0. The van der Waals surface area contributed by atoms with Crippen molar-refractivity contribution in [2.45, 2.75) is 6.17 Å². The molecule has 10 heavy (non-hydrogen) atoms. The van der Waals surface area contributed by atoms with E-state index in [0.29, 0.717) is 5.17 Å². The van der Waals surface area contributed by atoms with Crippen LogP contribution in [0.3, 0.4) is 0 Å². The van der Waals surface area contributed by atoms with Crippen LogP contribution < -0.4 is 5.84 Å². The Labute approximate surface area is 63.2 Å². The first-order valence-corrected chi connectivity index (χ1v) is 2.96. The zero-order valence-electron chi connectivity index (χ0n) is 5.03. The maximum absolute atomic E-state index is 8.41. The van der Waals surface area contributed by atoms with Crippen LogP contribution in [0.4, 0.5) is 0 Å². The molecule has 0 radical (unpaired) electrons. The van der Waals surface area contributed by atoms with Gasteiger partial charge in [0.25, 0.3) is 0 Å². The summed E-state index contributed by atoms with van der Waals surface area (Å²) < 4.78 is 0. The van der Waals surface area contributed by atoms with Crippen LogP contribution in [0, 0.1) is 11.3 Å². The summed E-state index contributed by atoms with van der Waals surface area (Å²) in [5.74, 6) is 5.31. The molecule has 0 aromatic heterocycles. The highest BCUT2D eigenvalue weighted by Crippen LogP contribution is 2.04. The molecular formula is C5H5ClN4. The van der Waals surface area contributed by atoms with E-state index in [4.69, 9.17) is 22.7 Å². The molecule has 0 spiro atoms. The lowest BCUT2D eigenvalue weighted by atomic mass is 10.4. The lowest BCUT2D eigenvalue weighted by molar-refractivity contribution is 0.343. The molecule has 1 rings (SSSR count). The first-order chi connectivity index (χ1) is 4.74. The van der Waals surface area contributed by atoms with Crippen LogP contribution in [0.2, 0.25) is 0 Å². The number of nitrogens with zero attached hydrogens (tertiary/aromatic N) is 3. The Bertz CT molecular complexity index is 226. The van der Waals surface area contributed by atoms with E-state index in [0.717, 1.165) is 0 Å². The molecule has 0 fully saturated rings. The number of rotatable bonds is 0. The summed E-state index contributed by atoms with van der Waals surface area (Å²) in [5.41, 5.74) is 0. The van der Waals surface area contributed by atoms with Gasteiger partial charge in [0.05, 0.1) is 0 Å². The number of aliphatic imine (C=N–C) groups is 1. The summed E-state index contributed by atoms with van der Waals surface area (Å²) >= 11 is 5.49. The molecule has 0 aromatic rings. The van der Waals surface area contributed by atoms with Gasteiger partial charge in [-0.15, -0.1) is 0 Å². The molecule has 52 valence electrons. The first-order valence-electron chi connectivity index (χ1n) is 2.58. The van der Waals surface area contributed by atoms with Crippen LogP contribution in [0.1, 0.15) is 0 Å². The van der Waals surface area contributed by atoms with E-state index >= 15 is 0 Å². The van der Waals surface area contributed by atoms with Crippen molar-refractivity contribution in [1.82, 2.24) is 5.01 Å². The van der Waals surface area contributed by atoms with Crippen LogP contribution in [-0.2, 0) is 0 Å². The van der Waals surface area contributed by atoms with E-state index in [9.17, 15) is 0 Å². The van der Waals surface area contributed by atoms with Crippen molar-refractivity contribution in [2.75, 3.05) is 0 Å². The van der Waals surface area contributed by atoms with Crippen molar-refractivity contribution >= 4 is 16.8 Å². The second kappa shape index (κ2) is 2.69. The van der Waals surface area contributed by atoms with Crippen molar-refractivity contribution in [3.63, 3.8) is 0 Å². The van der Waals surface area contributed by atoms with E-state index in [2.05, 4.69) is 4.99 Å². The fraction of sp³-hybridized carbons (Fsp3) is 0.200. The zero-order valence-corrected chi connectivity index (χ0v) is 5.78. The Balaban J connectivity index is 2.79. The molecule has 1 aliphatic heterocycles. The standard InChI is InChI=1S/C5H5ClN4/c6-4-1-2-10(8)5(3-7)9-4/h1-2,5H,8H2.